The van der Waals surface area contributed by atoms with Crippen molar-refractivity contribution in [1.29, 1.82) is 0 Å². The summed E-state index contributed by atoms with van der Waals surface area (Å²) in [5, 5.41) is 0. The van der Waals surface area contributed by atoms with Crippen molar-refractivity contribution in [3.63, 3.8) is 0 Å². The first kappa shape index (κ1) is 23.9. The van der Waals surface area contributed by atoms with Crippen LogP contribution in [0.3, 0.4) is 0 Å². The summed E-state index contributed by atoms with van der Waals surface area (Å²) in [7, 11) is 0. The van der Waals surface area contributed by atoms with E-state index in [1.54, 1.807) is 6.07 Å². The normalized spacial score (nSPS) is 14.4. The van der Waals surface area contributed by atoms with E-state index in [4.69, 9.17) is 4.74 Å². The minimum atomic E-state index is -4.31. The first-order valence-corrected chi connectivity index (χ1v) is 10.4. The highest BCUT2D eigenvalue weighted by Crippen LogP contribution is 2.32. The third kappa shape index (κ3) is 6.38. The first-order chi connectivity index (χ1) is 15.0. The van der Waals surface area contributed by atoms with Crippen LogP contribution in [0.2, 0.25) is 0 Å². The predicted molar refractivity (Wildman–Crippen MR) is 124 cm³/mol. The molecule has 4 rings (SSSR count). The standard InChI is InChI=1S/C26H24F3NO.ClH/c27-26(28,29)23-6-4-5-22(19-23)21-14-17-30(18-15-21)16-13-20-9-11-25(12-10-20)31-24-7-2-1-3-8-24;/h1-12,14,19H,13,15-18H2;1H. The van der Waals surface area contributed by atoms with E-state index in [1.165, 1.54) is 17.7 Å². The molecule has 0 bridgehead atoms. The zero-order valence-electron chi connectivity index (χ0n) is 17.5. The molecule has 0 amide bonds. The number of benzene rings is 3. The topological polar surface area (TPSA) is 12.5 Å². The molecule has 0 saturated carbocycles. The van der Waals surface area contributed by atoms with Gasteiger partial charge in [-0.3, -0.25) is 4.90 Å². The van der Waals surface area contributed by atoms with Gasteiger partial charge in [0, 0.05) is 19.6 Å². The molecule has 0 N–H and O–H groups in total. The van der Waals surface area contributed by atoms with Crippen molar-refractivity contribution in [3.05, 3.63) is 102 Å². The Balaban J connectivity index is 0.00000289. The molecule has 2 nitrogen and oxygen atoms in total. The van der Waals surface area contributed by atoms with Crippen LogP contribution >= 0.6 is 12.4 Å². The lowest BCUT2D eigenvalue weighted by Crippen LogP contribution is -2.30. The molecule has 3 aromatic rings. The molecule has 0 aromatic heterocycles. The largest absolute Gasteiger partial charge is 0.457 e. The summed E-state index contributed by atoms with van der Waals surface area (Å²) < 4.78 is 44.7. The number of rotatable bonds is 6. The maximum atomic E-state index is 13.0. The number of hydrogen-bond donors (Lipinski definition) is 0. The average molecular weight is 460 g/mol. The Morgan fingerprint density at radius 3 is 2.22 bits per heavy atom. The lowest BCUT2D eigenvalue weighted by molar-refractivity contribution is -0.137. The van der Waals surface area contributed by atoms with E-state index in [0.29, 0.717) is 5.56 Å². The average Bonchev–Trinajstić information content (AvgIpc) is 2.79. The summed E-state index contributed by atoms with van der Waals surface area (Å²) in [4.78, 5) is 2.32. The van der Waals surface area contributed by atoms with Gasteiger partial charge in [0.2, 0.25) is 0 Å². The number of nitrogens with zero attached hydrogens (tertiary/aromatic N) is 1. The van der Waals surface area contributed by atoms with Crippen LogP contribution in [0.15, 0.2) is 84.9 Å². The van der Waals surface area contributed by atoms with Gasteiger partial charge in [-0.25, -0.2) is 0 Å². The minimum absolute atomic E-state index is 0. The second-order valence-electron chi connectivity index (χ2n) is 7.67. The van der Waals surface area contributed by atoms with E-state index >= 15 is 0 Å². The summed E-state index contributed by atoms with van der Waals surface area (Å²) >= 11 is 0. The number of halogens is 4. The van der Waals surface area contributed by atoms with Crippen LogP contribution in [0.5, 0.6) is 11.5 Å². The van der Waals surface area contributed by atoms with Gasteiger partial charge in [0.1, 0.15) is 11.5 Å². The highest BCUT2D eigenvalue weighted by Gasteiger charge is 2.30. The SMILES string of the molecule is Cl.FC(F)(F)c1cccc(C2=CCN(CCc3ccc(Oc4ccccc4)cc3)CC2)c1. The molecule has 0 atom stereocenters. The zero-order chi connectivity index (χ0) is 21.7. The molecule has 32 heavy (non-hydrogen) atoms. The van der Waals surface area contributed by atoms with E-state index in [2.05, 4.69) is 23.1 Å². The van der Waals surface area contributed by atoms with E-state index < -0.39 is 11.7 Å². The molecule has 0 fully saturated rings. The van der Waals surface area contributed by atoms with Gasteiger partial charge < -0.3 is 4.74 Å². The lowest BCUT2D eigenvalue weighted by Gasteiger charge is -2.26. The second kappa shape index (κ2) is 10.7. The van der Waals surface area contributed by atoms with Crippen LogP contribution in [-0.4, -0.2) is 24.5 Å². The molecule has 1 aliphatic heterocycles. The van der Waals surface area contributed by atoms with Crippen molar-refractivity contribution in [2.75, 3.05) is 19.6 Å². The molecule has 1 aliphatic rings. The summed E-state index contributed by atoms with van der Waals surface area (Å²) in [6.07, 6.45) is -0.585. The van der Waals surface area contributed by atoms with Crippen molar-refractivity contribution in [3.8, 4) is 11.5 Å². The fraction of sp³-hybridized carbons (Fsp3) is 0.231. The van der Waals surface area contributed by atoms with Crippen molar-refractivity contribution in [2.45, 2.75) is 19.0 Å². The van der Waals surface area contributed by atoms with Gasteiger partial charge in [-0.2, -0.15) is 13.2 Å². The second-order valence-corrected chi connectivity index (χ2v) is 7.67. The molecule has 0 spiro atoms. The van der Waals surface area contributed by atoms with E-state index in [-0.39, 0.29) is 12.4 Å². The van der Waals surface area contributed by atoms with Gasteiger partial charge in [-0.05, 0) is 65.9 Å². The molecular weight excluding hydrogens is 435 g/mol. The Labute approximate surface area is 192 Å². The number of para-hydroxylation sites is 1. The molecule has 0 saturated heterocycles. The first-order valence-electron chi connectivity index (χ1n) is 10.4. The van der Waals surface area contributed by atoms with Crippen LogP contribution in [-0.2, 0) is 12.6 Å². The third-order valence-electron chi connectivity index (χ3n) is 5.47. The van der Waals surface area contributed by atoms with Crippen molar-refractivity contribution in [1.82, 2.24) is 4.90 Å². The maximum Gasteiger partial charge on any atom is 0.416 e. The van der Waals surface area contributed by atoms with Gasteiger partial charge in [0.15, 0.2) is 0 Å². The highest BCUT2D eigenvalue weighted by atomic mass is 35.5. The monoisotopic (exact) mass is 459 g/mol. The third-order valence-corrected chi connectivity index (χ3v) is 5.47. The van der Waals surface area contributed by atoms with Crippen LogP contribution in [0, 0.1) is 0 Å². The van der Waals surface area contributed by atoms with Gasteiger partial charge in [0.25, 0.3) is 0 Å². The molecule has 0 radical (unpaired) electrons. The Hall–Kier alpha value is -2.76. The van der Waals surface area contributed by atoms with E-state index in [1.807, 2.05) is 42.5 Å². The Morgan fingerprint density at radius 2 is 1.56 bits per heavy atom. The zero-order valence-corrected chi connectivity index (χ0v) is 18.3. The Kier molecular flexibility index (Phi) is 7.99. The summed E-state index contributed by atoms with van der Waals surface area (Å²) in [6.45, 7) is 2.50. The van der Waals surface area contributed by atoms with Gasteiger partial charge in [0.05, 0.1) is 5.56 Å². The molecule has 1 heterocycles. The van der Waals surface area contributed by atoms with Crippen LogP contribution in [0.25, 0.3) is 5.57 Å². The van der Waals surface area contributed by atoms with Crippen molar-refractivity contribution in [2.24, 2.45) is 0 Å². The number of hydrogen-bond acceptors (Lipinski definition) is 2. The molecule has 0 aliphatic carbocycles. The summed E-state index contributed by atoms with van der Waals surface area (Å²) in [6, 6.07) is 23.4. The van der Waals surface area contributed by atoms with Crippen molar-refractivity contribution >= 4 is 18.0 Å². The van der Waals surface area contributed by atoms with Gasteiger partial charge in [-0.1, -0.05) is 48.5 Å². The van der Waals surface area contributed by atoms with Crippen LogP contribution in [0.4, 0.5) is 13.2 Å². The predicted octanol–water partition coefficient (Wildman–Crippen LogP) is 7.25. The summed E-state index contributed by atoms with van der Waals surface area (Å²) in [5.41, 5.74) is 2.30. The molecule has 6 heteroatoms. The fourth-order valence-electron chi connectivity index (χ4n) is 3.71. The highest BCUT2D eigenvalue weighted by molar-refractivity contribution is 5.85. The Morgan fingerprint density at radius 1 is 0.844 bits per heavy atom. The summed E-state index contributed by atoms with van der Waals surface area (Å²) in [5.74, 6) is 1.62. The maximum absolute atomic E-state index is 13.0. The smallest absolute Gasteiger partial charge is 0.416 e. The van der Waals surface area contributed by atoms with Crippen LogP contribution in [0.1, 0.15) is 23.1 Å². The van der Waals surface area contributed by atoms with Gasteiger partial charge >= 0.3 is 6.18 Å². The lowest BCUT2D eigenvalue weighted by atomic mass is 9.97. The van der Waals surface area contributed by atoms with E-state index in [0.717, 1.165) is 55.6 Å². The number of ether oxygens (including phenoxy) is 1. The van der Waals surface area contributed by atoms with Crippen LogP contribution < -0.4 is 4.74 Å². The molecule has 3 aromatic carbocycles. The van der Waals surface area contributed by atoms with Crippen molar-refractivity contribution < 1.29 is 17.9 Å². The van der Waals surface area contributed by atoms with Gasteiger partial charge in [-0.15, -0.1) is 12.4 Å². The molecular formula is C26H25ClF3NO. The fourth-order valence-corrected chi connectivity index (χ4v) is 3.71. The number of alkyl halides is 3. The quantitative estimate of drug-likeness (QED) is 0.385. The van der Waals surface area contributed by atoms with E-state index in [9.17, 15) is 13.2 Å². The molecule has 168 valence electrons. The Bertz CT molecular complexity index is 1030. The molecule has 0 unspecified atom stereocenters. The minimum Gasteiger partial charge on any atom is -0.457 e.